The van der Waals surface area contributed by atoms with Crippen LogP contribution in [0.4, 0.5) is 9.59 Å². The molecular formula is C14H19BrN2O6. The average molecular weight is 391 g/mol. The van der Waals surface area contributed by atoms with Crippen LogP contribution >= 0.6 is 15.9 Å². The highest BCUT2D eigenvalue weighted by Gasteiger charge is 2.31. The summed E-state index contributed by atoms with van der Waals surface area (Å²) < 4.78 is 10.3. The molecular weight excluding hydrogens is 372 g/mol. The molecule has 1 aromatic heterocycles. The van der Waals surface area contributed by atoms with Crippen LogP contribution in [0.3, 0.4) is 0 Å². The molecule has 0 aliphatic heterocycles. The summed E-state index contributed by atoms with van der Waals surface area (Å²) >= 11 is 3.14. The van der Waals surface area contributed by atoms with Gasteiger partial charge in [0, 0.05) is 11.8 Å². The molecule has 23 heavy (non-hydrogen) atoms. The molecule has 0 N–H and O–H groups in total. The van der Waals surface area contributed by atoms with E-state index < -0.39 is 23.7 Å². The number of ether oxygens (including phenoxy) is 2. The summed E-state index contributed by atoms with van der Waals surface area (Å²) in [6.45, 7) is 1.99. The number of methoxy groups -OCH3 is 2. The number of carbonyl (C=O) groups excluding carboxylic acids is 3. The van der Waals surface area contributed by atoms with Gasteiger partial charge in [-0.25, -0.2) is 14.4 Å². The van der Waals surface area contributed by atoms with E-state index in [1.54, 1.807) is 0 Å². The van der Waals surface area contributed by atoms with E-state index in [9.17, 15) is 19.2 Å². The van der Waals surface area contributed by atoms with E-state index in [0.717, 1.165) is 27.1 Å². The van der Waals surface area contributed by atoms with Crippen molar-refractivity contribution in [2.24, 2.45) is 0 Å². The highest BCUT2D eigenvalue weighted by Crippen LogP contribution is 2.17. The molecule has 0 aromatic carbocycles. The maximum Gasteiger partial charge on any atom is 0.422 e. The number of nitrogens with zero attached hydrogens (tertiary/aromatic N) is 2. The van der Waals surface area contributed by atoms with E-state index in [0.29, 0.717) is 15.6 Å². The summed E-state index contributed by atoms with van der Waals surface area (Å²) in [5.41, 5.74) is -1.08. The third-order valence-electron chi connectivity index (χ3n) is 3.26. The second-order valence-electron chi connectivity index (χ2n) is 4.70. The van der Waals surface area contributed by atoms with E-state index >= 15 is 0 Å². The van der Waals surface area contributed by atoms with Crippen LogP contribution in [0.1, 0.15) is 48.8 Å². The molecule has 0 bridgehead atoms. The van der Waals surface area contributed by atoms with Gasteiger partial charge in [-0.3, -0.25) is 4.79 Å². The lowest BCUT2D eigenvalue weighted by atomic mass is 10.1. The van der Waals surface area contributed by atoms with Crippen molar-refractivity contribution in [3.05, 3.63) is 21.9 Å². The Kier molecular flexibility index (Phi) is 7.21. The number of halogens is 1. The topological polar surface area (TPSA) is 96.6 Å². The van der Waals surface area contributed by atoms with Crippen LogP contribution in [0.25, 0.3) is 0 Å². The normalized spacial score (nSPS) is 10.4. The third-order valence-corrected chi connectivity index (χ3v) is 3.79. The summed E-state index contributed by atoms with van der Waals surface area (Å²) in [6, 6.07) is 0. The first-order valence-electron chi connectivity index (χ1n) is 7.06. The standard InChI is InChI=1S/C14H19BrN2O6/c1-4-5-6-7-10(18)11-9(8-15)16(13(20)22-2)12(19)17(11)14(21)23-3/h4-8H2,1-3H3. The Morgan fingerprint density at radius 2 is 1.61 bits per heavy atom. The smallest absolute Gasteiger partial charge is 0.422 e. The first-order chi connectivity index (χ1) is 10.9. The van der Waals surface area contributed by atoms with Crippen molar-refractivity contribution in [3.8, 4) is 0 Å². The predicted octanol–water partition coefficient (Wildman–Crippen LogP) is 2.54. The predicted molar refractivity (Wildman–Crippen MR) is 85.4 cm³/mol. The lowest BCUT2D eigenvalue weighted by Gasteiger charge is -2.06. The van der Waals surface area contributed by atoms with Gasteiger partial charge < -0.3 is 9.47 Å². The molecule has 128 valence electrons. The molecule has 9 heteroatoms. The summed E-state index contributed by atoms with van der Waals surface area (Å²) in [7, 11) is 2.19. The van der Waals surface area contributed by atoms with Crippen LogP contribution in [-0.2, 0) is 14.8 Å². The molecule has 0 saturated carbocycles. The monoisotopic (exact) mass is 390 g/mol. The van der Waals surface area contributed by atoms with Crippen molar-refractivity contribution in [2.45, 2.75) is 37.9 Å². The van der Waals surface area contributed by atoms with Gasteiger partial charge in [0.1, 0.15) is 5.69 Å². The van der Waals surface area contributed by atoms with E-state index in [1.165, 1.54) is 0 Å². The molecule has 0 aliphatic rings. The molecule has 1 aromatic rings. The minimum absolute atomic E-state index is 0.0240. The van der Waals surface area contributed by atoms with Gasteiger partial charge in [-0.1, -0.05) is 35.7 Å². The lowest BCUT2D eigenvalue weighted by Crippen LogP contribution is -2.34. The molecule has 0 atom stereocenters. The van der Waals surface area contributed by atoms with Crippen LogP contribution in [0, 0.1) is 0 Å². The maximum atomic E-state index is 12.5. The Hall–Kier alpha value is -1.90. The number of hydrogen-bond acceptors (Lipinski definition) is 6. The van der Waals surface area contributed by atoms with Crippen molar-refractivity contribution in [3.63, 3.8) is 0 Å². The zero-order valence-corrected chi connectivity index (χ0v) is 14.8. The number of imidazole rings is 1. The fraction of sp³-hybridized carbons (Fsp3) is 0.571. The average Bonchev–Trinajstić information content (AvgIpc) is 2.85. The largest absolute Gasteiger partial charge is 0.452 e. The number of alkyl halides is 1. The number of rotatable bonds is 6. The highest BCUT2D eigenvalue weighted by atomic mass is 79.9. The summed E-state index contributed by atoms with van der Waals surface area (Å²) in [4.78, 5) is 48.5. The van der Waals surface area contributed by atoms with Gasteiger partial charge in [-0.2, -0.15) is 9.13 Å². The van der Waals surface area contributed by atoms with Crippen LogP contribution in [-0.4, -0.2) is 41.3 Å². The van der Waals surface area contributed by atoms with Gasteiger partial charge in [0.2, 0.25) is 0 Å². The van der Waals surface area contributed by atoms with Gasteiger partial charge >= 0.3 is 17.9 Å². The van der Waals surface area contributed by atoms with E-state index in [4.69, 9.17) is 0 Å². The molecule has 1 rings (SSSR count). The number of carbonyl (C=O) groups is 3. The van der Waals surface area contributed by atoms with Crippen molar-refractivity contribution in [2.75, 3.05) is 14.2 Å². The minimum Gasteiger partial charge on any atom is -0.452 e. The fourth-order valence-corrected chi connectivity index (χ4v) is 2.67. The number of Topliss-reactive ketones (excluding diaryl/α,β-unsaturated/α-hetero) is 1. The molecule has 0 saturated heterocycles. The van der Waals surface area contributed by atoms with Crippen LogP contribution in [0.5, 0.6) is 0 Å². The SMILES string of the molecule is CCCCCC(=O)c1c(CBr)n(C(=O)OC)c(=O)n1C(=O)OC. The van der Waals surface area contributed by atoms with Gasteiger partial charge in [-0.15, -0.1) is 0 Å². The van der Waals surface area contributed by atoms with Crippen LogP contribution in [0.15, 0.2) is 4.79 Å². The molecule has 8 nitrogen and oxygen atoms in total. The van der Waals surface area contributed by atoms with Crippen molar-refractivity contribution in [1.82, 2.24) is 9.13 Å². The van der Waals surface area contributed by atoms with Crippen molar-refractivity contribution < 1.29 is 23.9 Å². The van der Waals surface area contributed by atoms with E-state index in [2.05, 4.69) is 25.4 Å². The van der Waals surface area contributed by atoms with Crippen LogP contribution < -0.4 is 5.69 Å². The summed E-state index contributed by atoms with van der Waals surface area (Å²) in [5.74, 6) is -0.405. The van der Waals surface area contributed by atoms with E-state index in [1.807, 2.05) is 6.92 Å². The zero-order valence-electron chi connectivity index (χ0n) is 13.3. The fourth-order valence-electron chi connectivity index (χ4n) is 2.15. The lowest BCUT2D eigenvalue weighted by molar-refractivity contribution is 0.0966. The van der Waals surface area contributed by atoms with Gasteiger partial charge in [0.05, 0.1) is 19.9 Å². The molecule has 0 fully saturated rings. The number of hydrogen-bond donors (Lipinski definition) is 0. The molecule has 1 heterocycles. The Morgan fingerprint density at radius 3 is 2.09 bits per heavy atom. The second kappa shape index (κ2) is 8.66. The van der Waals surface area contributed by atoms with Crippen LogP contribution in [0.2, 0.25) is 0 Å². The zero-order chi connectivity index (χ0) is 17.6. The van der Waals surface area contributed by atoms with Crippen molar-refractivity contribution in [1.29, 1.82) is 0 Å². The number of unbranched alkanes of at least 4 members (excludes halogenated alkanes) is 2. The quantitative estimate of drug-likeness (QED) is 0.420. The second-order valence-corrected chi connectivity index (χ2v) is 5.26. The first-order valence-corrected chi connectivity index (χ1v) is 8.19. The number of aromatic nitrogens is 2. The van der Waals surface area contributed by atoms with Crippen molar-refractivity contribution >= 4 is 33.9 Å². The minimum atomic E-state index is -1.03. The van der Waals surface area contributed by atoms with Gasteiger partial charge in [0.15, 0.2) is 5.78 Å². The maximum absolute atomic E-state index is 12.5. The Labute approximate surface area is 141 Å². The summed E-state index contributed by atoms with van der Waals surface area (Å²) in [5, 5.41) is 0.0240. The van der Waals surface area contributed by atoms with Gasteiger partial charge in [0.25, 0.3) is 0 Å². The number of ketones is 1. The molecule has 0 amide bonds. The Bertz CT molecular complexity index is 661. The third kappa shape index (κ3) is 3.90. The Balaban J connectivity index is 3.51. The molecule has 0 unspecified atom stereocenters. The molecule has 0 radical (unpaired) electrons. The highest BCUT2D eigenvalue weighted by molar-refractivity contribution is 9.08. The molecule has 0 spiro atoms. The molecule has 0 aliphatic carbocycles. The first kappa shape index (κ1) is 19.1. The van der Waals surface area contributed by atoms with E-state index in [-0.39, 0.29) is 23.1 Å². The Morgan fingerprint density at radius 1 is 1.04 bits per heavy atom. The summed E-state index contributed by atoms with van der Waals surface area (Å²) in [6.07, 6.45) is 0.542. The van der Waals surface area contributed by atoms with Gasteiger partial charge in [-0.05, 0) is 6.42 Å².